The molecule has 1 atom stereocenters. The fraction of sp³-hybridized carbons (Fsp3) is 0.278. The quantitative estimate of drug-likeness (QED) is 0.741. The van der Waals surface area contributed by atoms with Gasteiger partial charge >= 0.3 is 0 Å². The molecule has 0 aliphatic heterocycles. The number of hydrogen-bond donors (Lipinski definition) is 2. The fourth-order valence-electron chi connectivity index (χ4n) is 3.15. The van der Waals surface area contributed by atoms with E-state index in [9.17, 15) is 5.11 Å². The van der Waals surface area contributed by atoms with Crippen molar-refractivity contribution < 1.29 is 5.11 Å². The number of fused-ring (bicyclic) bond motifs is 1. The molecule has 1 aliphatic rings. The molecule has 1 unspecified atom stereocenters. The van der Waals surface area contributed by atoms with Gasteiger partial charge in [0.25, 0.3) is 0 Å². The molecule has 0 bridgehead atoms. The smallest absolute Gasteiger partial charge is 0.133 e. The molecule has 5 heteroatoms. The van der Waals surface area contributed by atoms with Crippen LogP contribution in [0.1, 0.15) is 23.2 Å². The molecule has 3 aromatic rings. The summed E-state index contributed by atoms with van der Waals surface area (Å²) in [5, 5.41) is 19.5. The SMILES string of the molecule is OC1(CNCc2csc(-c3cccs3)n2)CCc2ccccc21. The predicted octanol–water partition coefficient (Wildman–Crippen LogP) is 3.80. The van der Waals surface area contributed by atoms with Gasteiger partial charge in [-0.05, 0) is 35.4 Å². The zero-order valence-electron chi connectivity index (χ0n) is 12.7. The number of rotatable bonds is 5. The third kappa shape index (κ3) is 2.97. The van der Waals surface area contributed by atoms with Crippen molar-refractivity contribution in [3.05, 3.63) is 64.0 Å². The lowest BCUT2D eigenvalue weighted by molar-refractivity contribution is 0.0384. The Morgan fingerprint density at radius 1 is 1.17 bits per heavy atom. The molecule has 0 spiro atoms. The number of thiophene rings is 1. The minimum atomic E-state index is -0.747. The molecule has 0 fully saturated rings. The van der Waals surface area contributed by atoms with E-state index in [0.717, 1.165) is 29.1 Å². The molecule has 2 aromatic heterocycles. The molecule has 1 aromatic carbocycles. The number of benzene rings is 1. The highest BCUT2D eigenvalue weighted by molar-refractivity contribution is 7.20. The molecule has 1 aliphatic carbocycles. The largest absolute Gasteiger partial charge is 0.384 e. The number of hydrogen-bond acceptors (Lipinski definition) is 5. The molecule has 2 N–H and O–H groups in total. The number of nitrogens with zero attached hydrogens (tertiary/aromatic N) is 1. The maximum atomic E-state index is 10.9. The van der Waals surface area contributed by atoms with Gasteiger partial charge in [0.1, 0.15) is 10.6 Å². The van der Waals surface area contributed by atoms with Crippen LogP contribution in [0.4, 0.5) is 0 Å². The molecule has 2 heterocycles. The zero-order valence-corrected chi connectivity index (χ0v) is 14.3. The van der Waals surface area contributed by atoms with E-state index in [4.69, 9.17) is 0 Å². The third-order valence-corrected chi connectivity index (χ3v) is 6.26. The number of aliphatic hydroxyl groups is 1. The lowest BCUT2D eigenvalue weighted by atomic mass is 9.96. The average molecular weight is 342 g/mol. The van der Waals surface area contributed by atoms with Crippen molar-refractivity contribution in [2.24, 2.45) is 0 Å². The van der Waals surface area contributed by atoms with Gasteiger partial charge in [-0.3, -0.25) is 0 Å². The Bertz CT molecular complexity index is 797. The molecule has 118 valence electrons. The molecular weight excluding hydrogens is 324 g/mol. The molecule has 4 rings (SSSR count). The summed E-state index contributed by atoms with van der Waals surface area (Å²) in [7, 11) is 0. The summed E-state index contributed by atoms with van der Waals surface area (Å²) in [6.07, 6.45) is 1.74. The van der Waals surface area contributed by atoms with Crippen molar-refractivity contribution in [1.29, 1.82) is 0 Å². The molecule has 0 radical (unpaired) electrons. The van der Waals surface area contributed by atoms with E-state index in [1.165, 1.54) is 10.4 Å². The lowest BCUT2D eigenvalue weighted by Gasteiger charge is -2.24. The van der Waals surface area contributed by atoms with Crippen LogP contribution >= 0.6 is 22.7 Å². The van der Waals surface area contributed by atoms with Gasteiger partial charge in [-0.2, -0.15) is 0 Å². The van der Waals surface area contributed by atoms with Crippen molar-refractivity contribution in [3.8, 4) is 9.88 Å². The zero-order chi connectivity index (χ0) is 15.7. The second-order valence-corrected chi connectivity index (χ2v) is 7.72. The molecule has 0 saturated carbocycles. The van der Waals surface area contributed by atoms with E-state index in [0.29, 0.717) is 13.1 Å². The van der Waals surface area contributed by atoms with E-state index in [2.05, 4.69) is 33.2 Å². The summed E-state index contributed by atoms with van der Waals surface area (Å²) in [5.41, 5.74) is 2.63. The minimum Gasteiger partial charge on any atom is -0.384 e. The monoisotopic (exact) mass is 342 g/mol. The summed E-state index contributed by atoms with van der Waals surface area (Å²) in [4.78, 5) is 5.88. The Morgan fingerprint density at radius 2 is 2.09 bits per heavy atom. The van der Waals surface area contributed by atoms with Crippen molar-refractivity contribution in [3.63, 3.8) is 0 Å². The Labute approximate surface area is 143 Å². The van der Waals surface area contributed by atoms with E-state index >= 15 is 0 Å². The van der Waals surface area contributed by atoms with Crippen molar-refractivity contribution >= 4 is 22.7 Å². The maximum Gasteiger partial charge on any atom is 0.133 e. The van der Waals surface area contributed by atoms with Crippen LogP contribution in [0.3, 0.4) is 0 Å². The summed E-state index contributed by atoms with van der Waals surface area (Å²) in [5.74, 6) is 0. The van der Waals surface area contributed by atoms with Gasteiger partial charge in [-0.1, -0.05) is 30.3 Å². The lowest BCUT2D eigenvalue weighted by Crippen LogP contribution is -2.36. The van der Waals surface area contributed by atoms with Gasteiger partial charge in [-0.15, -0.1) is 22.7 Å². The fourth-order valence-corrected chi connectivity index (χ4v) is 4.78. The highest BCUT2D eigenvalue weighted by atomic mass is 32.1. The Hall–Kier alpha value is -1.53. The van der Waals surface area contributed by atoms with Crippen LogP contribution in [0.15, 0.2) is 47.2 Å². The highest BCUT2D eigenvalue weighted by Gasteiger charge is 2.35. The molecular formula is C18H18N2OS2. The first-order chi connectivity index (χ1) is 11.2. The van der Waals surface area contributed by atoms with Crippen LogP contribution in [-0.4, -0.2) is 16.6 Å². The van der Waals surface area contributed by atoms with Crippen LogP contribution in [0.5, 0.6) is 0 Å². The van der Waals surface area contributed by atoms with E-state index < -0.39 is 5.60 Å². The number of nitrogens with one attached hydrogen (secondary N) is 1. The van der Waals surface area contributed by atoms with Gasteiger partial charge in [0.15, 0.2) is 0 Å². The van der Waals surface area contributed by atoms with Crippen LogP contribution in [0.25, 0.3) is 9.88 Å². The Kier molecular flexibility index (Phi) is 4.03. The maximum absolute atomic E-state index is 10.9. The summed E-state index contributed by atoms with van der Waals surface area (Å²) in [6, 6.07) is 12.3. The summed E-state index contributed by atoms with van der Waals surface area (Å²) in [6.45, 7) is 1.25. The Morgan fingerprint density at radius 3 is 2.96 bits per heavy atom. The molecule has 3 nitrogen and oxygen atoms in total. The minimum absolute atomic E-state index is 0.565. The number of aryl methyl sites for hydroxylation is 1. The van der Waals surface area contributed by atoms with Crippen molar-refractivity contribution in [1.82, 2.24) is 10.3 Å². The standard InChI is InChI=1S/C18H18N2OS2/c21-18(8-7-13-4-1-2-5-15(13)18)12-19-10-14-11-23-17(20-14)16-6-3-9-22-16/h1-6,9,11,19,21H,7-8,10,12H2. The summed E-state index contributed by atoms with van der Waals surface area (Å²) >= 11 is 3.39. The van der Waals surface area contributed by atoms with Crippen LogP contribution in [-0.2, 0) is 18.6 Å². The van der Waals surface area contributed by atoms with Gasteiger partial charge in [0.05, 0.1) is 10.6 Å². The molecule has 23 heavy (non-hydrogen) atoms. The number of thiazole rings is 1. The summed E-state index contributed by atoms with van der Waals surface area (Å²) < 4.78 is 0. The topological polar surface area (TPSA) is 45.1 Å². The van der Waals surface area contributed by atoms with Gasteiger partial charge in [0.2, 0.25) is 0 Å². The van der Waals surface area contributed by atoms with Crippen LogP contribution in [0, 0.1) is 0 Å². The normalized spacial score (nSPS) is 19.9. The van der Waals surface area contributed by atoms with Gasteiger partial charge < -0.3 is 10.4 Å². The third-order valence-electron chi connectivity index (χ3n) is 4.33. The van der Waals surface area contributed by atoms with E-state index in [-0.39, 0.29) is 0 Å². The first kappa shape index (κ1) is 15.0. The number of aromatic nitrogens is 1. The molecule has 0 amide bonds. The van der Waals surface area contributed by atoms with Gasteiger partial charge in [0, 0.05) is 18.5 Å². The highest BCUT2D eigenvalue weighted by Crippen LogP contribution is 2.36. The van der Waals surface area contributed by atoms with Crippen molar-refractivity contribution in [2.75, 3.05) is 6.54 Å². The van der Waals surface area contributed by atoms with Crippen LogP contribution in [0.2, 0.25) is 0 Å². The average Bonchev–Trinajstić information content (AvgIpc) is 3.29. The first-order valence-corrected chi connectivity index (χ1v) is 9.50. The van der Waals surface area contributed by atoms with Crippen molar-refractivity contribution in [2.45, 2.75) is 25.0 Å². The van der Waals surface area contributed by atoms with Crippen LogP contribution < -0.4 is 5.32 Å². The molecule has 0 saturated heterocycles. The second kappa shape index (κ2) is 6.17. The Balaban J connectivity index is 1.39. The van der Waals surface area contributed by atoms with E-state index in [1.807, 2.05) is 24.3 Å². The van der Waals surface area contributed by atoms with E-state index in [1.54, 1.807) is 22.7 Å². The second-order valence-electron chi connectivity index (χ2n) is 5.91. The first-order valence-electron chi connectivity index (χ1n) is 7.74. The predicted molar refractivity (Wildman–Crippen MR) is 95.8 cm³/mol. The van der Waals surface area contributed by atoms with Gasteiger partial charge in [-0.25, -0.2) is 4.98 Å².